The summed E-state index contributed by atoms with van der Waals surface area (Å²) >= 11 is 12.1. The minimum absolute atomic E-state index is 0.0300. The molecule has 1 aromatic heterocycles. The zero-order valence-electron chi connectivity index (χ0n) is 11.6. The molecule has 1 atom stereocenters. The molecule has 2 fully saturated rings. The first-order chi connectivity index (χ1) is 9.85. The highest BCUT2D eigenvalue weighted by Gasteiger charge is 2.68. The molecule has 1 saturated heterocycles. The lowest BCUT2D eigenvalue weighted by Crippen LogP contribution is -2.52. The van der Waals surface area contributed by atoms with Gasteiger partial charge in [0.15, 0.2) is 5.76 Å². The van der Waals surface area contributed by atoms with E-state index in [9.17, 15) is 9.59 Å². The molecule has 3 rings (SSSR count). The molecule has 114 valence electrons. The first kappa shape index (κ1) is 14.7. The number of hydrogen-bond donors (Lipinski definition) is 0. The summed E-state index contributed by atoms with van der Waals surface area (Å²) in [6, 6.07) is 3.32. The second-order valence-electron chi connectivity index (χ2n) is 5.78. The van der Waals surface area contributed by atoms with Gasteiger partial charge in [-0.2, -0.15) is 0 Å². The predicted octanol–water partition coefficient (Wildman–Crippen LogP) is 2.15. The number of carbonyl (C=O) groups excluding carboxylic acids is 2. The molecular weight excluding hydrogens is 315 g/mol. The van der Waals surface area contributed by atoms with Gasteiger partial charge in [-0.15, -0.1) is 23.2 Å². The van der Waals surface area contributed by atoms with Crippen LogP contribution in [-0.2, 0) is 4.79 Å². The summed E-state index contributed by atoms with van der Waals surface area (Å²) in [7, 11) is 0. The van der Waals surface area contributed by atoms with Crippen molar-refractivity contribution in [3.05, 3.63) is 24.2 Å². The molecule has 0 radical (unpaired) electrons. The average Bonchev–Trinajstić information content (AvgIpc) is 2.88. The lowest BCUT2D eigenvalue weighted by atomic mass is 10.1. The van der Waals surface area contributed by atoms with E-state index in [0.29, 0.717) is 38.4 Å². The normalized spacial score (nSPS) is 27.6. The molecule has 2 aliphatic rings. The summed E-state index contributed by atoms with van der Waals surface area (Å²) < 4.78 is 4.15. The van der Waals surface area contributed by atoms with Crippen LogP contribution in [0.4, 0.5) is 0 Å². The van der Waals surface area contributed by atoms with Crippen LogP contribution in [-0.4, -0.2) is 52.1 Å². The topological polar surface area (TPSA) is 53.8 Å². The van der Waals surface area contributed by atoms with Crippen LogP contribution in [0.1, 0.15) is 23.9 Å². The average molecular weight is 331 g/mol. The fraction of sp³-hybridized carbons (Fsp3) is 0.571. The number of alkyl halides is 2. The molecule has 2 amide bonds. The van der Waals surface area contributed by atoms with E-state index < -0.39 is 9.75 Å². The van der Waals surface area contributed by atoms with E-state index in [1.54, 1.807) is 28.9 Å². The predicted molar refractivity (Wildman–Crippen MR) is 78.4 cm³/mol. The molecule has 0 spiro atoms. The van der Waals surface area contributed by atoms with Crippen LogP contribution < -0.4 is 0 Å². The number of piperazine rings is 1. The Morgan fingerprint density at radius 3 is 2.24 bits per heavy atom. The number of halogens is 2. The summed E-state index contributed by atoms with van der Waals surface area (Å²) in [6.45, 7) is 3.74. The van der Waals surface area contributed by atoms with Gasteiger partial charge in [-0.05, 0) is 25.5 Å². The van der Waals surface area contributed by atoms with E-state index in [-0.39, 0.29) is 11.8 Å². The van der Waals surface area contributed by atoms with Gasteiger partial charge >= 0.3 is 0 Å². The van der Waals surface area contributed by atoms with Gasteiger partial charge in [0.25, 0.3) is 5.91 Å². The highest BCUT2D eigenvalue weighted by atomic mass is 35.5. The summed E-state index contributed by atoms with van der Waals surface area (Å²) in [5.74, 6) is 0.149. The molecule has 7 heteroatoms. The Bertz CT molecular complexity index is 565. The molecule has 2 heterocycles. The van der Waals surface area contributed by atoms with E-state index in [2.05, 4.69) is 0 Å². The van der Waals surface area contributed by atoms with Crippen molar-refractivity contribution in [2.45, 2.75) is 17.7 Å². The number of furan rings is 1. The maximum atomic E-state index is 12.4. The molecule has 1 aromatic rings. The van der Waals surface area contributed by atoms with E-state index in [1.165, 1.54) is 6.26 Å². The smallest absolute Gasteiger partial charge is 0.289 e. The molecular formula is C14H16Cl2N2O3. The second kappa shape index (κ2) is 4.92. The third-order valence-electron chi connectivity index (χ3n) is 4.32. The standard InChI is InChI=1S/C14H16Cl2N2O3/c1-13(9-14(13,15)16)12(20)18-6-4-17(5-7-18)11(19)10-3-2-8-21-10/h2-3,8H,4-7,9H2,1H3. The van der Waals surface area contributed by atoms with Crippen LogP contribution in [0.2, 0.25) is 0 Å². The first-order valence-electron chi connectivity index (χ1n) is 6.85. The monoisotopic (exact) mass is 330 g/mol. The van der Waals surface area contributed by atoms with Crippen molar-refractivity contribution in [3.63, 3.8) is 0 Å². The minimum atomic E-state index is -0.953. The van der Waals surface area contributed by atoms with E-state index in [1.807, 2.05) is 0 Å². The van der Waals surface area contributed by atoms with Gasteiger partial charge in [-0.25, -0.2) is 0 Å². The van der Waals surface area contributed by atoms with Crippen LogP contribution >= 0.6 is 23.2 Å². The number of amides is 2. The van der Waals surface area contributed by atoms with Gasteiger partial charge in [0, 0.05) is 26.2 Å². The lowest BCUT2D eigenvalue weighted by Gasteiger charge is -2.36. The van der Waals surface area contributed by atoms with Gasteiger partial charge in [-0.1, -0.05) is 0 Å². The fourth-order valence-corrected chi connectivity index (χ4v) is 3.35. The Kier molecular flexibility index (Phi) is 3.45. The highest BCUT2D eigenvalue weighted by Crippen LogP contribution is 2.64. The van der Waals surface area contributed by atoms with E-state index >= 15 is 0 Å². The van der Waals surface area contributed by atoms with Crippen LogP contribution in [0, 0.1) is 5.41 Å². The molecule has 1 aliphatic carbocycles. The van der Waals surface area contributed by atoms with Gasteiger partial charge in [-0.3, -0.25) is 9.59 Å². The maximum Gasteiger partial charge on any atom is 0.289 e. The summed E-state index contributed by atoms with van der Waals surface area (Å²) in [6.07, 6.45) is 1.95. The zero-order chi connectivity index (χ0) is 15.3. The van der Waals surface area contributed by atoms with Gasteiger partial charge in [0.1, 0.15) is 4.33 Å². The lowest BCUT2D eigenvalue weighted by molar-refractivity contribution is -0.137. The van der Waals surface area contributed by atoms with Crippen molar-refractivity contribution in [2.24, 2.45) is 5.41 Å². The van der Waals surface area contributed by atoms with Crippen molar-refractivity contribution < 1.29 is 14.0 Å². The van der Waals surface area contributed by atoms with Gasteiger partial charge in [0.05, 0.1) is 11.7 Å². The van der Waals surface area contributed by atoms with Crippen molar-refractivity contribution in [1.82, 2.24) is 9.80 Å². The molecule has 0 aromatic carbocycles. The maximum absolute atomic E-state index is 12.4. The molecule has 5 nitrogen and oxygen atoms in total. The van der Waals surface area contributed by atoms with Gasteiger partial charge in [0.2, 0.25) is 5.91 Å². The molecule has 21 heavy (non-hydrogen) atoms. The van der Waals surface area contributed by atoms with Crippen molar-refractivity contribution >= 4 is 35.0 Å². The Morgan fingerprint density at radius 1 is 1.19 bits per heavy atom. The van der Waals surface area contributed by atoms with E-state index in [4.69, 9.17) is 27.6 Å². The third-order valence-corrected chi connectivity index (χ3v) is 5.42. The van der Waals surface area contributed by atoms with Crippen molar-refractivity contribution in [1.29, 1.82) is 0 Å². The van der Waals surface area contributed by atoms with Crippen LogP contribution in [0.15, 0.2) is 22.8 Å². The van der Waals surface area contributed by atoms with Crippen molar-refractivity contribution in [3.8, 4) is 0 Å². The number of nitrogens with zero attached hydrogens (tertiary/aromatic N) is 2. The van der Waals surface area contributed by atoms with Crippen LogP contribution in [0.25, 0.3) is 0 Å². The van der Waals surface area contributed by atoms with Gasteiger partial charge < -0.3 is 14.2 Å². The van der Waals surface area contributed by atoms with E-state index in [0.717, 1.165) is 0 Å². The first-order valence-corrected chi connectivity index (χ1v) is 7.61. The Labute approximate surface area is 132 Å². The fourth-order valence-electron chi connectivity index (χ4n) is 2.65. The van der Waals surface area contributed by atoms with Crippen LogP contribution in [0.3, 0.4) is 0 Å². The minimum Gasteiger partial charge on any atom is -0.459 e. The number of rotatable bonds is 2. The number of carbonyl (C=O) groups is 2. The molecule has 1 saturated carbocycles. The molecule has 0 bridgehead atoms. The third kappa shape index (κ3) is 2.42. The van der Waals surface area contributed by atoms with Crippen molar-refractivity contribution in [2.75, 3.05) is 26.2 Å². The highest BCUT2D eigenvalue weighted by molar-refractivity contribution is 6.53. The largest absolute Gasteiger partial charge is 0.459 e. The second-order valence-corrected chi connectivity index (χ2v) is 7.26. The summed E-state index contributed by atoms with van der Waals surface area (Å²) in [5.41, 5.74) is -0.691. The SMILES string of the molecule is CC1(C(=O)N2CCN(C(=O)c3ccco3)CC2)CC1(Cl)Cl. The Hall–Kier alpha value is -1.20. The quantitative estimate of drug-likeness (QED) is 0.781. The summed E-state index contributed by atoms with van der Waals surface area (Å²) in [5, 5.41) is 0. The molecule has 0 N–H and O–H groups in total. The Balaban J connectivity index is 1.59. The van der Waals surface area contributed by atoms with Crippen LogP contribution in [0.5, 0.6) is 0 Å². The molecule has 1 aliphatic heterocycles. The zero-order valence-corrected chi connectivity index (χ0v) is 13.2. The Morgan fingerprint density at radius 2 is 1.76 bits per heavy atom. The molecule has 1 unspecified atom stereocenters. The number of hydrogen-bond acceptors (Lipinski definition) is 3. The summed E-state index contributed by atoms with van der Waals surface area (Å²) in [4.78, 5) is 28.0.